The van der Waals surface area contributed by atoms with E-state index in [9.17, 15) is 9.59 Å². The van der Waals surface area contributed by atoms with E-state index in [1.165, 1.54) is 25.7 Å². The molecule has 5 rings (SSSR count). The van der Waals surface area contributed by atoms with Gasteiger partial charge < -0.3 is 19.9 Å². The molecule has 1 N–H and O–H groups in total. The quantitative estimate of drug-likeness (QED) is 0.830. The van der Waals surface area contributed by atoms with Gasteiger partial charge in [-0.15, -0.1) is 0 Å². The maximum atomic E-state index is 12.3. The van der Waals surface area contributed by atoms with Crippen molar-refractivity contribution < 1.29 is 14.3 Å². The van der Waals surface area contributed by atoms with E-state index in [1.807, 2.05) is 17.3 Å². The van der Waals surface area contributed by atoms with Crippen molar-refractivity contribution in [3.8, 4) is 0 Å². The van der Waals surface area contributed by atoms with Gasteiger partial charge in [0.15, 0.2) is 0 Å². The second-order valence-electron chi connectivity index (χ2n) is 8.84. The fraction of sp³-hybridized carbons (Fsp3) is 0.700. The summed E-state index contributed by atoms with van der Waals surface area (Å²) in [6.07, 6.45) is 9.91. The molecular weight excluding hydrogens is 358 g/mol. The van der Waals surface area contributed by atoms with Crippen LogP contribution in [0.5, 0.6) is 0 Å². The van der Waals surface area contributed by atoms with Crippen LogP contribution in [-0.2, 0) is 9.53 Å². The van der Waals surface area contributed by atoms with Gasteiger partial charge in [0.25, 0.3) is 0 Å². The summed E-state index contributed by atoms with van der Waals surface area (Å²) in [5.41, 5.74) is 1.53. The molecule has 0 unspecified atom stereocenters. The van der Waals surface area contributed by atoms with Gasteiger partial charge in [-0.1, -0.05) is 12.8 Å². The monoisotopic (exact) mass is 385 g/mol. The molecule has 0 aromatic carbocycles. The Balaban J connectivity index is 1.07. The number of aromatic nitrogens is 2. The van der Waals surface area contributed by atoms with Crippen LogP contribution in [0.25, 0.3) is 0 Å². The van der Waals surface area contributed by atoms with Gasteiger partial charge in [-0.05, 0) is 19.3 Å². The molecule has 3 aliphatic heterocycles. The molecule has 4 fully saturated rings. The van der Waals surface area contributed by atoms with Gasteiger partial charge in [0, 0.05) is 43.9 Å². The molecule has 4 heterocycles. The number of anilines is 1. The molecule has 1 spiro atoms. The van der Waals surface area contributed by atoms with E-state index in [2.05, 4.69) is 20.2 Å². The van der Waals surface area contributed by atoms with Crippen LogP contribution in [0.2, 0.25) is 0 Å². The van der Waals surface area contributed by atoms with Crippen LogP contribution in [0.1, 0.15) is 50.1 Å². The van der Waals surface area contributed by atoms with Gasteiger partial charge in [0.05, 0.1) is 24.1 Å². The Labute approximate surface area is 164 Å². The molecule has 0 radical (unpaired) electrons. The summed E-state index contributed by atoms with van der Waals surface area (Å²) in [4.78, 5) is 36.7. The number of nitrogens with zero attached hydrogens (tertiary/aromatic N) is 4. The van der Waals surface area contributed by atoms with Crippen LogP contribution < -0.4 is 10.2 Å². The Hall–Kier alpha value is -2.38. The number of ether oxygens (including phenoxy) is 1. The minimum atomic E-state index is -0.389. The molecule has 3 saturated heterocycles. The number of likely N-dealkylation sites (tertiary alicyclic amines) is 1. The van der Waals surface area contributed by atoms with Crippen LogP contribution >= 0.6 is 0 Å². The lowest BCUT2D eigenvalue weighted by atomic mass is 9.78. The second kappa shape index (κ2) is 6.90. The summed E-state index contributed by atoms with van der Waals surface area (Å²) >= 11 is 0. The largest absolute Gasteiger partial charge is 0.447 e. The molecule has 8 heteroatoms. The lowest BCUT2D eigenvalue weighted by molar-refractivity contribution is -0.135. The third kappa shape index (κ3) is 3.29. The van der Waals surface area contributed by atoms with E-state index in [0.717, 1.165) is 24.6 Å². The lowest BCUT2D eigenvalue weighted by Gasteiger charge is -2.49. The number of nitrogens with one attached hydrogen (secondary N) is 1. The van der Waals surface area contributed by atoms with Gasteiger partial charge in [0.2, 0.25) is 5.91 Å². The normalized spacial score (nSPS) is 26.0. The van der Waals surface area contributed by atoms with Gasteiger partial charge in [-0.25, -0.2) is 9.78 Å². The minimum Gasteiger partial charge on any atom is -0.447 e. The standard InChI is InChI=1S/C20H27N5O3/c26-18(4-3-15-11-28-19(27)23-15)24-9-14(10-24)16-7-22-17(8-21-16)25-12-20(13-25)5-1-2-6-20/h7-8,14-15H,1-6,9-13H2,(H,23,27)/t15-/m1/s1. The van der Waals surface area contributed by atoms with Crippen LogP contribution in [0.15, 0.2) is 12.4 Å². The summed E-state index contributed by atoms with van der Waals surface area (Å²) < 4.78 is 4.85. The fourth-order valence-corrected chi connectivity index (χ4v) is 4.98. The van der Waals surface area contributed by atoms with Gasteiger partial charge >= 0.3 is 6.09 Å². The van der Waals surface area contributed by atoms with E-state index >= 15 is 0 Å². The highest BCUT2D eigenvalue weighted by molar-refractivity contribution is 5.77. The smallest absolute Gasteiger partial charge is 0.407 e. The zero-order valence-electron chi connectivity index (χ0n) is 16.1. The van der Waals surface area contributed by atoms with Crippen LogP contribution in [0, 0.1) is 5.41 Å². The first-order chi connectivity index (χ1) is 13.6. The zero-order chi connectivity index (χ0) is 19.1. The van der Waals surface area contributed by atoms with Crippen molar-refractivity contribution >= 4 is 17.8 Å². The van der Waals surface area contributed by atoms with Crippen LogP contribution in [-0.4, -0.2) is 65.7 Å². The van der Waals surface area contributed by atoms with Crippen molar-refractivity contribution in [1.82, 2.24) is 20.2 Å². The number of cyclic esters (lactones) is 1. The predicted molar refractivity (Wildman–Crippen MR) is 102 cm³/mol. The number of rotatable bonds is 5. The van der Waals surface area contributed by atoms with Crippen molar-refractivity contribution in [1.29, 1.82) is 0 Å². The molecule has 1 saturated carbocycles. The third-order valence-corrected chi connectivity index (χ3v) is 6.80. The van der Waals surface area contributed by atoms with E-state index in [1.54, 1.807) is 0 Å². The highest BCUT2D eigenvalue weighted by atomic mass is 16.6. The van der Waals surface area contributed by atoms with Crippen molar-refractivity contribution in [3.63, 3.8) is 0 Å². The van der Waals surface area contributed by atoms with Crippen molar-refractivity contribution in [2.24, 2.45) is 5.41 Å². The molecule has 8 nitrogen and oxygen atoms in total. The topological polar surface area (TPSA) is 87.7 Å². The number of amides is 2. The zero-order valence-corrected chi connectivity index (χ0v) is 16.1. The van der Waals surface area contributed by atoms with Crippen molar-refractivity contribution in [2.75, 3.05) is 37.7 Å². The molecule has 1 aromatic heterocycles. The average Bonchev–Trinajstić information content (AvgIpc) is 3.27. The first-order valence-electron chi connectivity index (χ1n) is 10.4. The SMILES string of the molecule is O=C1N[C@H](CCC(=O)N2CC(c3cnc(N4CC5(CCCC5)C4)cn3)C2)CO1. The van der Waals surface area contributed by atoms with E-state index in [0.29, 0.717) is 38.0 Å². The maximum absolute atomic E-state index is 12.3. The minimum absolute atomic E-state index is 0.0446. The van der Waals surface area contributed by atoms with Crippen molar-refractivity contribution in [3.05, 3.63) is 18.1 Å². The summed E-state index contributed by atoms with van der Waals surface area (Å²) in [6.45, 7) is 4.01. The van der Waals surface area contributed by atoms with Gasteiger partial charge in [-0.2, -0.15) is 0 Å². The molecule has 1 aromatic rings. The fourth-order valence-electron chi connectivity index (χ4n) is 4.98. The molecule has 4 aliphatic rings. The molecule has 1 aliphatic carbocycles. The van der Waals surface area contributed by atoms with Crippen LogP contribution in [0.4, 0.5) is 10.6 Å². The van der Waals surface area contributed by atoms with E-state index in [4.69, 9.17) is 4.74 Å². The second-order valence-corrected chi connectivity index (χ2v) is 8.84. The van der Waals surface area contributed by atoms with E-state index < -0.39 is 0 Å². The molecule has 1 atom stereocenters. The Morgan fingerprint density at radius 3 is 2.64 bits per heavy atom. The van der Waals surface area contributed by atoms with Crippen molar-refractivity contribution in [2.45, 2.75) is 50.5 Å². The maximum Gasteiger partial charge on any atom is 0.407 e. The summed E-state index contributed by atoms with van der Waals surface area (Å²) in [5, 5.41) is 2.70. The molecule has 0 bridgehead atoms. The number of carbonyl (C=O) groups is 2. The summed E-state index contributed by atoms with van der Waals surface area (Å²) in [7, 11) is 0. The average molecular weight is 385 g/mol. The van der Waals surface area contributed by atoms with Gasteiger partial charge in [0.1, 0.15) is 12.4 Å². The van der Waals surface area contributed by atoms with Gasteiger partial charge in [-0.3, -0.25) is 9.78 Å². The van der Waals surface area contributed by atoms with Crippen LogP contribution in [0.3, 0.4) is 0 Å². The Bertz CT molecular complexity index is 748. The lowest BCUT2D eigenvalue weighted by Crippen LogP contribution is -2.55. The predicted octanol–water partition coefficient (Wildman–Crippen LogP) is 1.67. The number of hydrogen-bond donors (Lipinski definition) is 1. The Morgan fingerprint density at radius 1 is 1.21 bits per heavy atom. The molecular formula is C20H27N5O3. The number of alkyl carbamates (subject to hydrolysis) is 1. The number of carbonyl (C=O) groups excluding carboxylic acids is 2. The summed E-state index contributed by atoms with van der Waals surface area (Å²) in [5.74, 6) is 1.39. The number of hydrogen-bond acceptors (Lipinski definition) is 6. The third-order valence-electron chi connectivity index (χ3n) is 6.80. The molecule has 150 valence electrons. The Kier molecular flexibility index (Phi) is 4.36. The van der Waals surface area contributed by atoms with E-state index in [-0.39, 0.29) is 24.0 Å². The highest BCUT2D eigenvalue weighted by Crippen LogP contribution is 2.46. The Morgan fingerprint density at radius 2 is 2.00 bits per heavy atom. The molecule has 2 amide bonds. The molecule has 28 heavy (non-hydrogen) atoms. The first kappa shape index (κ1) is 17.7. The summed E-state index contributed by atoms with van der Waals surface area (Å²) in [6, 6.07) is -0.0446. The first-order valence-corrected chi connectivity index (χ1v) is 10.4. The highest BCUT2D eigenvalue weighted by Gasteiger charge is 2.45.